The number of ether oxygens (including phenoxy) is 1. The molecule has 0 aliphatic rings. The van der Waals surface area contributed by atoms with Gasteiger partial charge in [-0.2, -0.15) is 5.26 Å². The summed E-state index contributed by atoms with van der Waals surface area (Å²) in [6, 6.07) is 21.1. The van der Waals surface area contributed by atoms with Crippen LogP contribution in [0.1, 0.15) is 5.56 Å². The molecule has 0 bridgehead atoms. The predicted octanol–water partition coefficient (Wildman–Crippen LogP) is 5.86. The van der Waals surface area contributed by atoms with Crippen molar-refractivity contribution in [1.29, 1.82) is 5.26 Å². The third kappa shape index (κ3) is 6.51. The first-order valence-corrected chi connectivity index (χ1v) is 11.4. The van der Waals surface area contributed by atoms with E-state index in [1.165, 1.54) is 35.3 Å². The summed E-state index contributed by atoms with van der Waals surface area (Å²) < 4.78 is 42.3. The van der Waals surface area contributed by atoms with Crippen LogP contribution in [0.2, 0.25) is 0 Å². The predicted molar refractivity (Wildman–Crippen MR) is 139 cm³/mol. The zero-order chi connectivity index (χ0) is 27.3. The molecule has 12 heteroatoms. The van der Waals surface area contributed by atoms with E-state index < -0.39 is 12.3 Å². The van der Waals surface area contributed by atoms with E-state index in [2.05, 4.69) is 38.1 Å². The zero-order valence-corrected chi connectivity index (χ0v) is 20.6. The van der Waals surface area contributed by atoms with Crippen LogP contribution < -0.4 is 15.4 Å². The fourth-order valence-electron chi connectivity index (χ4n) is 3.33. The number of para-hydroxylation sites is 1. The minimum Gasteiger partial charge on any atom is -0.406 e. The van der Waals surface area contributed by atoms with Gasteiger partial charge in [0.2, 0.25) is 0 Å². The fraction of sp³-hybridized carbons (Fsp3) is 0.0769. The first kappa shape index (κ1) is 26.3. The molecule has 4 aromatic rings. The third-order valence-corrected chi connectivity index (χ3v) is 5.54. The van der Waals surface area contributed by atoms with Gasteiger partial charge in [0.25, 0.3) is 5.91 Å². The molecule has 0 aliphatic carbocycles. The highest BCUT2D eigenvalue weighted by Gasteiger charge is 2.31. The number of nitrogens with one attached hydrogen (secondary N) is 2. The van der Waals surface area contributed by atoms with Crippen LogP contribution in [0.15, 0.2) is 89.7 Å². The lowest BCUT2D eigenvalue weighted by Gasteiger charge is -2.11. The highest BCUT2D eigenvalue weighted by atomic mass is 32.1. The molecule has 2 N–H and O–H groups in total. The Morgan fingerprint density at radius 1 is 1.03 bits per heavy atom. The molecule has 0 aliphatic heterocycles. The largest absolute Gasteiger partial charge is 0.573 e. The van der Waals surface area contributed by atoms with Gasteiger partial charge in [-0.3, -0.25) is 4.79 Å². The number of carbonyl (C=O) groups is 1. The number of nitriles is 1. The summed E-state index contributed by atoms with van der Waals surface area (Å²) >= 11 is 4.30. The van der Waals surface area contributed by atoms with E-state index in [0.717, 1.165) is 11.3 Å². The SMILES string of the molecule is Cc1ccccc1N/C(S)=C(/C#N)C(=O)Nc1ccc(-c2ncn(-c3ccc(OC(F)(F)F)cc3)n2)cc1. The number of amides is 1. The van der Waals surface area contributed by atoms with Crippen molar-refractivity contribution in [3.05, 3.63) is 95.3 Å². The summed E-state index contributed by atoms with van der Waals surface area (Å²) in [5.41, 5.74) is 3.01. The molecule has 38 heavy (non-hydrogen) atoms. The number of aryl methyl sites for hydroxylation is 1. The zero-order valence-electron chi connectivity index (χ0n) is 19.7. The molecule has 0 radical (unpaired) electrons. The second-order valence-electron chi connectivity index (χ2n) is 7.86. The maximum atomic E-state index is 12.7. The summed E-state index contributed by atoms with van der Waals surface area (Å²) in [4.78, 5) is 16.9. The summed E-state index contributed by atoms with van der Waals surface area (Å²) in [7, 11) is 0. The first-order valence-electron chi connectivity index (χ1n) is 11.0. The Morgan fingerprint density at radius 2 is 1.71 bits per heavy atom. The summed E-state index contributed by atoms with van der Waals surface area (Å²) in [5.74, 6) is -0.618. The second kappa shape index (κ2) is 11.1. The quantitative estimate of drug-likeness (QED) is 0.155. The van der Waals surface area contributed by atoms with Crippen molar-refractivity contribution in [3.8, 4) is 28.9 Å². The molecule has 1 heterocycles. The van der Waals surface area contributed by atoms with Crippen molar-refractivity contribution in [2.45, 2.75) is 13.3 Å². The molecule has 3 aromatic carbocycles. The Morgan fingerprint density at radius 3 is 2.34 bits per heavy atom. The van der Waals surface area contributed by atoms with Crippen LogP contribution in [0, 0.1) is 18.3 Å². The normalized spacial score (nSPS) is 11.8. The summed E-state index contributed by atoms with van der Waals surface area (Å²) in [6.07, 6.45) is -3.35. The van der Waals surface area contributed by atoms with Crippen LogP contribution in [0.25, 0.3) is 17.1 Å². The average Bonchev–Trinajstić information content (AvgIpc) is 3.36. The summed E-state index contributed by atoms with van der Waals surface area (Å²) in [6.45, 7) is 1.89. The van der Waals surface area contributed by atoms with Crippen molar-refractivity contribution in [1.82, 2.24) is 14.8 Å². The molecule has 4 rings (SSSR count). The molecule has 0 saturated heterocycles. The highest BCUT2D eigenvalue weighted by Crippen LogP contribution is 2.25. The standard InChI is InChI=1S/C26H19F3N6O2S/c1-16-4-2-3-5-22(16)33-25(38)21(14-30)24(36)32-18-8-6-17(7-9-18)23-31-15-35(34-23)19-10-12-20(13-11-19)37-26(27,28)29/h2-13,15,33,38H,1H3,(H,32,36)/b25-21+. The minimum absolute atomic E-state index is 0.115. The lowest BCUT2D eigenvalue weighted by atomic mass is 10.2. The second-order valence-corrected chi connectivity index (χ2v) is 8.31. The Hall–Kier alpha value is -4.76. The molecular weight excluding hydrogens is 517 g/mol. The molecule has 0 unspecified atom stereocenters. The molecule has 0 saturated carbocycles. The van der Waals surface area contributed by atoms with Gasteiger partial charge >= 0.3 is 6.36 Å². The lowest BCUT2D eigenvalue weighted by molar-refractivity contribution is -0.274. The molecule has 0 atom stereocenters. The van der Waals surface area contributed by atoms with E-state index in [-0.39, 0.29) is 16.4 Å². The number of rotatable bonds is 7. The van der Waals surface area contributed by atoms with Crippen LogP contribution in [-0.2, 0) is 4.79 Å². The Balaban J connectivity index is 1.43. The van der Waals surface area contributed by atoms with E-state index in [1.54, 1.807) is 24.3 Å². The molecule has 192 valence electrons. The van der Waals surface area contributed by atoms with E-state index in [9.17, 15) is 23.2 Å². The highest BCUT2D eigenvalue weighted by molar-refractivity contribution is 7.84. The Labute approximate surface area is 220 Å². The van der Waals surface area contributed by atoms with Gasteiger partial charge in [0.05, 0.1) is 10.7 Å². The average molecular weight is 537 g/mol. The van der Waals surface area contributed by atoms with Crippen LogP contribution in [-0.4, -0.2) is 27.0 Å². The number of hydrogen-bond donors (Lipinski definition) is 3. The number of nitrogens with zero attached hydrogens (tertiary/aromatic N) is 4. The Kier molecular flexibility index (Phi) is 7.68. The maximum Gasteiger partial charge on any atom is 0.573 e. The monoisotopic (exact) mass is 536 g/mol. The van der Waals surface area contributed by atoms with Crippen LogP contribution >= 0.6 is 12.6 Å². The van der Waals surface area contributed by atoms with E-state index in [4.69, 9.17) is 0 Å². The van der Waals surface area contributed by atoms with Gasteiger partial charge in [0.1, 0.15) is 23.7 Å². The number of aromatic nitrogens is 3. The fourth-order valence-corrected chi connectivity index (χ4v) is 3.60. The van der Waals surface area contributed by atoms with Gasteiger partial charge in [0.15, 0.2) is 5.82 Å². The van der Waals surface area contributed by atoms with Gasteiger partial charge in [-0.05, 0) is 67.1 Å². The topological polar surface area (TPSA) is 105 Å². The number of alkyl halides is 3. The van der Waals surface area contributed by atoms with Gasteiger partial charge in [0, 0.05) is 16.9 Å². The number of hydrogen-bond acceptors (Lipinski definition) is 7. The molecule has 1 aromatic heterocycles. The smallest absolute Gasteiger partial charge is 0.406 e. The van der Waals surface area contributed by atoms with Gasteiger partial charge < -0.3 is 15.4 Å². The van der Waals surface area contributed by atoms with Crippen LogP contribution in [0.5, 0.6) is 5.75 Å². The number of anilines is 2. The molecule has 0 spiro atoms. The summed E-state index contributed by atoms with van der Waals surface area (Å²) in [5, 5.41) is 19.6. The van der Waals surface area contributed by atoms with E-state index in [1.807, 2.05) is 37.3 Å². The van der Waals surface area contributed by atoms with Gasteiger partial charge in [-0.25, -0.2) is 9.67 Å². The minimum atomic E-state index is -4.77. The van der Waals surface area contributed by atoms with Gasteiger partial charge in [-0.15, -0.1) is 30.9 Å². The number of thiol groups is 1. The van der Waals surface area contributed by atoms with Crippen molar-refractivity contribution >= 4 is 29.9 Å². The number of carbonyl (C=O) groups excluding carboxylic acids is 1. The Bertz CT molecular complexity index is 1520. The van der Waals surface area contributed by atoms with Crippen molar-refractivity contribution in [2.75, 3.05) is 10.6 Å². The lowest BCUT2D eigenvalue weighted by Crippen LogP contribution is -2.17. The number of benzene rings is 3. The van der Waals surface area contributed by atoms with E-state index >= 15 is 0 Å². The van der Waals surface area contributed by atoms with Crippen molar-refractivity contribution in [3.63, 3.8) is 0 Å². The molecule has 8 nitrogen and oxygen atoms in total. The van der Waals surface area contributed by atoms with Crippen LogP contribution in [0.3, 0.4) is 0 Å². The first-order chi connectivity index (χ1) is 18.1. The molecule has 0 fully saturated rings. The van der Waals surface area contributed by atoms with E-state index in [0.29, 0.717) is 22.8 Å². The van der Waals surface area contributed by atoms with Crippen LogP contribution in [0.4, 0.5) is 24.5 Å². The molecule has 1 amide bonds. The molecular formula is C26H19F3N6O2S. The van der Waals surface area contributed by atoms with Crippen molar-refractivity contribution in [2.24, 2.45) is 0 Å². The third-order valence-electron chi connectivity index (χ3n) is 5.20. The maximum absolute atomic E-state index is 12.7. The van der Waals surface area contributed by atoms with Crippen molar-refractivity contribution < 1.29 is 22.7 Å². The number of halogens is 3. The van der Waals surface area contributed by atoms with Gasteiger partial charge in [-0.1, -0.05) is 18.2 Å².